The molecule has 3 rings (SSSR count). The van der Waals surface area contributed by atoms with E-state index in [4.69, 9.17) is 20.8 Å². The van der Waals surface area contributed by atoms with Crippen LogP contribution >= 0.6 is 11.6 Å². The molecule has 2 N–H and O–H groups in total. The molecule has 23 heavy (non-hydrogen) atoms. The number of carbonyl (C=O) groups excluding carboxylic acids is 2. The third kappa shape index (κ3) is 3.03. The summed E-state index contributed by atoms with van der Waals surface area (Å²) in [6, 6.07) is 8.41. The van der Waals surface area contributed by atoms with Crippen molar-refractivity contribution < 1.29 is 18.7 Å². The number of anilines is 1. The molecule has 0 radical (unpaired) electrons. The number of amides is 2. The maximum atomic E-state index is 12.4. The van der Waals surface area contributed by atoms with Gasteiger partial charge in [0.15, 0.2) is 0 Å². The number of halogens is 1. The Bertz CT molecular complexity index is 745. The molecule has 2 heterocycles. The third-order valence-corrected chi connectivity index (χ3v) is 3.84. The summed E-state index contributed by atoms with van der Waals surface area (Å²) in [6.07, 6.45) is 2.10. The van der Waals surface area contributed by atoms with Crippen LogP contribution in [0.5, 0.6) is 5.75 Å². The number of hydrogen-bond donors (Lipinski definition) is 2. The molecule has 1 aromatic heterocycles. The van der Waals surface area contributed by atoms with Gasteiger partial charge in [0.2, 0.25) is 0 Å². The first-order valence-electron chi connectivity index (χ1n) is 7.10. The van der Waals surface area contributed by atoms with Crippen molar-refractivity contribution in [2.75, 3.05) is 11.9 Å². The number of benzene rings is 1. The molecule has 0 bridgehead atoms. The zero-order chi connectivity index (χ0) is 16.4. The molecule has 7 heteroatoms. The van der Waals surface area contributed by atoms with E-state index < -0.39 is 17.4 Å². The summed E-state index contributed by atoms with van der Waals surface area (Å²) in [5.74, 6) is 0.104. The topological polar surface area (TPSA) is 80.6 Å². The summed E-state index contributed by atoms with van der Waals surface area (Å²) in [6.45, 7) is 1.77. The molecule has 0 saturated carbocycles. The number of carbonyl (C=O) groups is 2. The van der Waals surface area contributed by atoms with Crippen LogP contribution in [0.2, 0.25) is 5.02 Å². The van der Waals surface area contributed by atoms with Crippen LogP contribution < -0.4 is 15.4 Å². The van der Waals surface area contributed by atoms with Crippen molar-refractivity contribution in [3.8, 4) is 5.75 Å². The average molecular weight is 335 g/mol. The lowest BCUT2D eigenvalue weighted by molar-refractivity contribution is -0.146. The Morgan fingerprint density at radius 3 is 2.96 bits per heavy atom. The van der Waals surface area contributed by atoms with Crippen molar-refractivity contribution in [1.82, 2.24) is 5.32 Å². The predicted molar refractivity (Wildman–Crippen MR) is 84.5 cm³/mol. The van der Waals surface area contributed by atoms with E-state index in [0.717, 1.165) is 5.76 Å². The first-order valence-corrected chi connectivity index (χ1v) is 7.47. The SMILES string of the molecule is C[C@@]1(C(=O)NCCc2ccco2)Oc2ccc(Cl)cc2NC1=O. The van der Waals surface area contributed by atoms with Gasteiger partial charge in [-0.25, -0.2) is 0 Å². The van der Waals surface area contributed by atoms with E-state index in [-0.39, 0.29) is 0 Å². The highest BCUT2D eigenvalue weighted by Gasteiger charge is 2.47. The van der Waals surface area contributed by atoms with Gasteiger partial charge in [0.05, 0.1) is 12.0 Å². The summed E-state index contributed by atoms with van der Waals surface area (Å²) in [7, 11) is 0. The number of fused-ring (bicyclic) bond motifs is 1. The maximum absolute atomic E-state index is 12.4. The van der Waals surface area contributed by atoms with Gasteiger partial charge in [0, 0.05) is 18.0 Å². The van der Waals surface area contributed by atoms with Gasteiger partial charge in [-0.1, -0.05) is 11.6 Å². The molecular formula is C16H15ClN2O4. The number of furan rings is 1. The highest BCUT2D eigenvalue weighted by atomic mass is 35.5. The van der Waals surface area contributed by atoms with Crippen LogP contribution in [0.3, 0.4) is 0 Å². The van der Waals surface area contributed by atoms with Crippen LogP contribution in [0.1, 0.15) is 12.7 Å². The highest BCUT2D eigenvalue weighted by molar-refractivity contribution is 6.31. The Labute approximate surface area is 137 Å². The number of nitrogens with one attached hydrogen (secondary N) is 2. The van der Waals surface area contributed by atoms with Crippen molar-refractivity contribution in [3.05, 3.63) is 47.4 Å². The van der Waals surface area contributed by atoms with E-state index in [9.17, 15) is 9.59 Å². The predicted octanol–water partition coefficient (Wildman–Crippen LogP) is 2.38. The second kappa shape index (κ2) is 5.96. The molecule has 120 valence electrons. The number of hydrogen-bond acceptors (Lipinski definition) is 4. The van der Waals surface area contributed by atoms with Gasteiger partial charge in [0.1, 0.15) is 11.5 Å². The minimum atomic E-state index is -1.63. The van der Waals surface area contributed by atoms with Gasteiger partial charge in [-0.05, 0) is 37.3 Å². The minimum absolute atomic E-state index is 0.339. The van der Waals surface area contributed by atoms with E-state index in [1.807, 2.05) is 6.07 Å². The molecule has 0 saturated heterocycles. The number of rotatable bonds is 4. The molecule has 1 aliphatic rings. The molecule has 0 fully saturated rings. The summed E-state index contributed by atoms with van der Waals surface area (Å²) >= 11 is 5.88. The fourth-order valence-corrected chi connectivity index (χ4v) is 2.44. The molecule has 0 unspecified atom stereocenters. The Kier molecular flexibility index (Phi) is 4.00. The van der Waals surface area contributed by atoms with Crippen molar-refractivity contribution in [2.24, 2.45) is 0 Å². The van der Waals surface area contributed by atoms with Crippen molar-refractivity contribution >= 4 is 29.1 Å². The molecular weight excluding hydrogens is 320 g/mol. The molecule has 1 atom stereocenters. The third-order valence-electron chi connectivity index (χ3n) is 3.61. The van der Waals surface area contributed by atoms with E-state index in [1.54, 1.807) is 30.5 Å². The van der Waals surface area contributed by atoms with Gasteiger partial charge in [-0.2, -0.15) is 0 Å². The van der Waals surface area contributed by atoms with Crippen LogP contribution in [0.4, 0.5) is 5.69 Å². The molecule has 1 aliphatic heterocycles. The van der Waals surface area contributed by atoms with E-state index in [0.29, 0.717) is 29.4 Å². The van der Waals surface area contributed by atoms with Gasteiger partial charge in [0.25, 0.3) is 17.4 Å². The zero-order valence-corrected chi connectivity index (χ0v) is 13.1. The van der Waals surface area contributed by atoms with Crippen molar-refractivity contribution in [1.29, 1.82) is 0 Å². The lowest BCUT2D eigenvalue weighted by atomic mass is 10.0. The normalized spacial score (nSPS) is 19.5. The zero-order valence-electron chi connectivity index (χ0n) is 12.4. The van der Waals surface area contributed by atoms with E-state index >= 15 is 0 Å². The Morgan fingerprint density at radius 1 is 1.39 bits per heavy atom. The summed E-state index contributed by atoms with van der Waals surface area (Å²) in [5.41, 5.74) is -1.19. The molecule has 0 aliphatic carbocycles. The lowest BCUT2D eigenvalue weighted by Crippen LogP contribution is -2.58. The second-order valence-electron chi connectivity index (χ2n) is 5.32. The molecule has 2 amide bonds. The Balaban J connectivity index is 1.69. The maximum Gasteiger partial charge on any atom is 0.278 e. The van der Waals surface area contributed by atoms with Crippen LogP contribution in [-0.2, 0) is 16.0 Å². The van der Waals surface area contributed by atoms with Crippen molar-refractivity contribution in [3.63, 3.8) is 0 Å². The van der Waals surface area contributed by atoms with Gasteiger partial charge in [-0.15, -0.1) is 0 Å². The summed E-state index contributed by atoms with van der Waals surface area (Å²) < 4.78 is 10.8. The van der Waals surface area contributed by atoms with Crippen LogP contribution in [0, 0.1) is 0 Å². The van der Waals surface area contributed by atoms with E-state index in [2.05, 4.69) is 10.6 Å². The van der Waals surface area contributed by atoms with Gasteiger partial charge in [-0.3, -0.25) is 9.59 Å². The lowest BCUT2D eigenvalue weighted by Gasteiger charge is -2.33. The quantitative estimate of drug-likeness (QED) is 0.841. The average Bonchev–Trinajstić information content (AvgIpc) is 3.02. The summed E-state index contributed by atoms with van der Waals surface area (Å²) in [4.78, 5) is 24.6. The first kappa shape index (κ1) is 15.4. The van der Waals surface area contributed by atoms with Crippen LogP contribution in [-0.4, -0.2) is 24.0 Å². The monoisotopic (exact) mass is 334 g/mol. The van der Waals surface area contributed by atoms with E-state index in [1.165, 1.54) is 6.92 Å². The van der Waals surface area contributed by atoms with Gasteiger partial charge < -0.3 is 19.8 Å². The fraction of sp³-hybridized carbons (Fsp3) is 0.250. The molecule has 0 spiro atoms. The summed E-state index contributed by atoms with van der Waals surface area (Å²) in [5, 5.41) is 5.81. The Hall–Kier alpha value is -2.47. The minimum Gasteiger partial charge on any atom is -0.469 e. The largest absolute Gasteiger partial charge is 0.469 e. The molecule has 6 nitrogen and oxygen atoms in total. The van der Waals surface area contributed by atoms with Gasteiger partial charge >= 0.3 is 0 Å². The van der Waals surface area contributed by atoms with Crippen LogP contribution in [0.25, 0.3) is 0 Å². The second-order valence-corrected chi connectivity index (χ2v) is 5.75. The highest BCUT2D eigenvalue weighted by Crippen LogP contribution is 2.35. The first-order chi connectivity index (χ1) is 11.0. The Morgan fingerprint density at radius 2 is 2.22 bits per heavy atom. The number of ether oxygens (including phenoxy) is 1. The molecule has 1 aromatic carbocycles. The fourth-order valence-electron chi connectivity index (χ4n) is 2.27. The smallest absolute Gasteiger partial charge is 0.278 e. The molecule has 2 aromatic rings. The van der Waals surface area contributed by atoms with Crippen molar-refractivity contribution in [2.45, 2.75) is 18.9 Å². The standard InChI is InChI=1S/C16H15ClN2O4/c1-16(14(20)18-7-6-11-3-2-8-22-11)15(21)19-12-9-10(17)4-5-13(12)23-16/h2-5,8-9H,6-7H2,1H3,(H,18,20)(H,19,21)/t16-/m0/s1. The van der Waals surface area contributed by atoms with Crippen LogP contribution in [0.15, 0.2) is 41.0 Å².